The zero-order valence-electron chi connectivity index (χ0n) is 10.4. The Bertz CT molecular complexity index is 398. The van der Waals surface area contributed by atoms with Crippen LogP contribution in [0.4, 0.5) is 5.69 Å². The molecule has 1 atom stereocenters. The second-order valence-electron chi connectivity index (χ2n) is 4.54. The summed E-state index contributed by atoms with van der Waals surface area (Å²) in [6, 6.07) is 2.57. The molecule has 0 radical (unpaired) electrons. The predicted octanol–water partition coefficient (Wildman–Crippen LogP) is 2.74. The van der Waals surface area contributed by atoms with Crippen molar-refractivity contribution in [3.05, 3.63) is 36.4 Å². The number of hydrogen-bond donors (Lipinski definition) is 0. The minimum Gasteiger partial charge on any atom is -0.353 e. The number of hydrogen-bond acceptors (Lipinski definition) is 3. The lowest BCUT2D eigenvalue weighted by molar-refractivity contribution is 0.263. The van der Waals surface area contributed by atoms with Crippen LogP contribution in [0, 0.1) is 6.92 Å². The minimum absolute atomic E-state index is 0.364. The molecule has 1 aliphatic heterocycles. The molecule has 0 fully saturated rings. The summed E-state index contributed by atoms with van der Waals surface area (Å²) in [4.78, 5) is 8.81. The highest BCUT2D eigenvalue weighted by atomic mass is 15.4. The second-order valence-corrected chi connectivity index (χ2v) is 4.54. The van der Waals surface area contributed by atoms with Gasteiger partial charge in [-0.1, -0.05) is 0 Å². The van der Waals surface area contributed by atoms with E-state index in [0.29, 0.717) is 12.2 Å². The van der Waals surface area contributed by atoms with Gasteiger partial charge in [-0.05, 0) is 39.3 Å². The van der Waals surface area contributed by atoms with Crippen molar-refractivity contribution in [1.82, 2.24) is 9.88 Å². The zero-order valence-corrected chi connectivity index (χ0v) is 10.4. The van der Waals surface area contributed by atoms with Gasteiger partial charge in [0.25, 0.3) is 0 Å². The summed E-state index contributed by atoms with van der Waals surface area (Å²) >= 11 is 0. The van der Waals surface area contributed by atoms with Gasteiger partial charge in [-0.3, -0.25) is 4.98 Å². The molecule has 0 saturated heterocycles. The number of aryl methyl sites for hydroxylation is 1. The van der Waals surface area contributed by atoms with E-state index < -0.39 is 0 Å². The van der Waals surface area contributed by atoms with Crippen molar-refractivity contribution in [3.63, 3.8) is 0 Å². The molecule has 2 rings (SSSR count). The number of nitrogens with zero attached hydrogens (tertiary/aromatic N) is 3. The van der Waals surface area contributed by atoms with Crippen molar-refractivity contribution in [1.29, 1.82) is 0 Å². The maximum Gasteiger partial charge on any atom is 0.103 e. The second kappa shape index (κ2) is 4.16. The van der Waals surface area contributed by atoms with Crippen LogP contribution in [-0.2, 0) is 0 Å². The molecule has 0 aromatic carbocycles. The first-order valence-corrected chi connectivity index (χ1v) is 5.76. The Balaban J connectivity index is 2.26. The van der Waals surface area contributed by atoms with Crippen LogP contribution in [0.1, 0.15) is 26.3 Å². The first-order valence-electron chi connectivity index (χ1n) is 5.76. The molecule has 0 saturated carbocycles. The van der Waals surface area contributed by atoms with Gasteiger partial charge in [-0.2, -0.15) is 0 Å². The lowest BCUT2D eigenvalue weighted by atomic mass is 10.2. The molecular weight excluding hydrogens is 198 g/mol. The average Bonchev–Trinajstić information content (AvgIpc) is 2.61. The third-order valence-corrected chi connectivity index (χ3v) is 3.12. The van der Waals surface area contributed by atoms with Crippen LogP contribution >= 0.6 is 0 Å². The van der Waals surface area contributed by atoms with E-state index in [4.69, 9.17) is 0 Å². The van der Waals surface area contributed by atoms with Crippen molar-refractivity contribution in [2.75, 3.05) is 4.90 Å². The number of pyridine rings is 1. The fourth-order valence-corrected chi connectivity index (χ4v) is 2.15. The molecule has 3 heteroatoms. The molecule has 0 aliphatic carbocycles. The first-order chi connectivity index (χ1) is 7.61. The van der Waals surface area contributed by atoms with Gasteiger partial charge in [0.2, 0.25) is 0 Å². The lowest BCUT2D eigenvalue weighted by Gasteiger charge is -2.32. The van der Waals surface area contributed by atoms with Gasteiger partial charge in [0.05, 0.1) is 11.9 Å². The highest BCUT2D eigenvalue weighted by molar-refractivity contribution is 5.55. The van der Waals surface area contributed by atoms with Crippen LogP contribution in [0.25, 0.3) is 0 Å². The number of aromatic nitrogens is 1. The van der Waals surface area contributed by atoms with Gasteiger partial charge >= 0.3 is 0 Å². The highest BCUT2D eigenvalue weighted by Crippen LogP contribution is 2.27. The summed E-state index contributed by atoms with van der Waals surface area (Å²) < 4.78 is 0. The molecule has 0 bridgehead atoms. The standard InChI is InChI=1S/C13H19N3/c1-10(2)15-7-8-16(12(15)4)13-9-14-6-5-11(13)3/h5-10,12H,1-4H3. The van der Waals surface area contributed by atoms with E-state index >= 15 is 0 Å². The van der Waals surface area contributed by atoms with E-state index in [9.17, 15) is 0 Å². The SMILES string of the molecule is Cc1ccncc1N1C=CN(C(C)C)C1C. The van der Waals surface area contributed by atoms with Crippen molar-refractivity contribution < 1.29 is 0 Å². The molecule has 0 spiro atoms. The van der Waals surface area contributed by atoms with Crippen LogP contribution in [-0.4, -0.2) is 22.1 Å². The fraction of sp³-hybridized carbons (Fsp3) is 0.462. The Morgan fingerprint density at radius 1 is 1.31 bits per heavy atom. The van der Waals surface area contributed by atoms with Gasteiger partial charge in [0.15, 0.2) is 0 Å². The van der Waals surface area contributed by atoms with Gasteiger partial charge in [-0.25, -0.2) is 0 Å². The van der Waals surface area contributed by atoms with E-state index in [2.05, 4.69) is 54.9 Å². The van der Waals surface area contributed by atoms with Gasteiger partial charge in [-0.15, -0.1) is 0 Å². The van der Waals surface area contributed by atoms with Crippen molar-refractivity contribution in [2.45, 2.75) is 39.9 Å². The average molecular weight is 217 g/mol. The smallest absolute Gasteiger partial charge is 0.103 e. The summed E-state index contributed by atoms with van der Waals surface area (Å²) in [5.74, 6) is 0. The molecule has 86 valence electrons. The van der Waals surface area contributed by atoms with Gasteiger partial charge in [0, 0.05) is 24.6 Å². The minimum atomic E-state index is 0.364. The van der Waals surface area contributed by atoms with Crippen LogP contribution in [0.5, 0.6) is 0 Å². The predicted molar refractivity (Wildman–Crippen MR) is 67.0 cm³/mol. The summed E-state index contributed by atoms with van der Waals surface area (Å²) in [6.07, 6.45) is 8.42. The monoisotopic (exact) mass is 217 g/mol. The maximum absolute atomic E-state index is 4.20. The van der Waals surface area contributed by atoms with Crippen LogP contribution in [0.2, 0.25) is 0 Å². The summed E-state index contributed by atoms with van der Waals surface area (Å²) in [5.41, 5.74) is 2.45. The van der Waals surface area contributed by atoms with Gasteiger partial charge in [0.1, 0.15) is 6.17 Å². The van der Waals surface area contributed by atoms with Crippen molar-refractivity contribution >= 4 is 5.69 Å². The van der Waals surface area contributed by atoms with Crippen molar-refractivity contribution in [2.24, 2.45) is 0 Å². The Hall–Kier alpha value is -1.51. The van der Waals surface area contributed by atoms with E-state index in [-0.39, 0.29) is 0 Å². The molecule has 1 aromatic rings. The van der Waals surface area contributed by atoms with E-state index in [0.717, 1.165) is 0 Å². The van der Waals surface area contributed by atoms with Crippen molar-refractivity contribution in [3.8, 4) is 0 Å². The molecule has 3 nitrogen and oxygen atoms in total. The molecule has 2 heterocycles. The molecule has 1 unspecified atom stereocenters. The molecular formula is C13H19N3. The Kier molecular flexibility index (Phi) is 2.86. The normalized spacial score (nSPS) is 19.9. The largest absolute Gasteiger partial charge is 0.353 e. The Labute approximate surface area is 97.4 Å². The maximum atomic E-state index is 4.20. The quantitative estimate of drug-likeness (QED) is 0.759. The molecule has 1 aliphatic rings. The van der Waals surface area contributed by atoms with E-state index in [1.165, 1.54) is 11.3 Å². The molecule has 1 aromatic heterocycles. The molecule has 0 amide bonds. The zero-order chi connectivity index (χ0) is 11.7. The molecule has 16 heavy (non-hydrogen) atoms. The third kappa shape index (κ3) is 1.77. The number of anilines is 1. The van der Waals surface area contributed by atoms with E-state index in [1.54, 1.807) is 0 Å². The summed E-state index contributed by atoms with van der Waals surface area (Å²) in [7, 11) is 0. The van der Waals surface area contributed by atoms with Crippen LogP contribution < -0.4 is 4.90 Å². The number of rotatable bonds is 2. The van der Waals surface area contributed by atoms with E-state index in [1.807, 2.05) is 18.5 Å². The lowest BCUT2D eigenvalue weighted by Crippen LogP contribution is -2.39. The third-order valence-electron chi connectivity index (χ3n) is 3.12. The topological polar surface area (TPSA) is 19.4 Å². The Morgan fingerprint density at radius 2 is 2.06 bits per heavy atom. The first kappa shape index (κ1) is 11.0. The van der Waals surface area contributed by atoms with Gasteiger partial charge < -0.3 is 9.80 Å². The molecule has 0 N–H and O–H groups in total. The van der Waals surface area contributed by atoms with Crippen LogP contribution in [0.3, 0.4) is 0 Å². The highest BCUT2D eigenvalue weighted by Gasteiger charge is 2.25. The summed E-state index contributed by atoms with van der Waals surface area (Å²) in [5, 5.41) is 0. The fourth-order valence-electron chi connectivity index (χ4n) is 2.15. The van der Waals surface area contributed by atoms with Crippen LogP contribution in [0.15, 0.2) is 30.9 Å². The summed E-state index contributed by atoms with van der Waals surface area (Å²) in [6.45, 7) is 8.75. The Morgan fingerprint density at radius 3 is 2.62 bits per heavy atom.